The standard InChI is InChI=1S/C15H28N2O2/c1-11-10-17(9-8-14(11)18)12(2)15(19)16-13-6-4-3-5-7-13/h11-14,18H,3-10H2,1-2H3,(H,16,19). The van der Waals surface area contributed by atoms with Gasteiger partial charge in [-0.15, -0.1) is 0 Å². The summed E-state index contributed by atoms with van der Waals surface area (Å²) in [5.74, 6) is 0.425. The van der Waals surface area contributed by atoms with Gasteiger partial charge in [-0.25, -0.2) is 0 Å². The van der Waals surface area contributed by atoms with Crippen molar-refractivity contribution in [2.24, 2.45) is 5.92 Å². The maximum absolute atomic E-state index is 12.3. The average molecular weight is 268 g/mol. The van der Waals surface area contributed by atoms with Crippen LogP contribution >= 0.6 is 0 Å². The maximum atomic E-state index is 12.3. The van der Waals surface area contributed by atoms with Crippen LogP contribution in [0.5, 0.6) is 0 Å². The van der Waals surface area contributed by atoms with Crippen molar-refractivity contribution in [1.82, 2.24) is 10.2 Å². The van der Waals surface area contributed by atoms with E-state index in [1.807, 2.05) is 6.92 Å². The predicted molar refractivity (Wildman–Crippen MR) is 75.8 cm³/mol. The third-order valence-electron chi connectivity index (χ3n) is 4.77. The van der Waals surface area contributed by atoms with Gasteiger partial charge in [0, 0.05) is 19.1 Å². The number of aliphatic hydroxyl groups is 1. The van der Waals surface area contributed by atoms with Gasteiger partial charge < -0.3 is 10.4 Å². The minimum Gasteiger partial charge on any atom is -0.393 e. The van der Waals surface area contributed by atoms with E-state index in [4.69, 9.17) is 0 Å². The number of carbonyl (C=O) groups is 1. The molecule has 2 fully saturated rings. The van der Waals surface area contributed by atoms with Gasteiger partial charge in [0.05, 0.1) is 12.1 Å². The van der Waals surface area contributed by atoms with Gasteiger partial charge in [0.25, 0.3) is 0 Å². The molecular weight excluding hydrogens is 240 g/mol. The van der Waals surface area contributed by atoms with Crippen molar-refractivity contribution in [3.8, 4) is 0 Å². The highest BCUT2D eigenvalue weighted by Gasteiger charge is 2.30. The van der Waals surface area contributed by atoms with Crippen LogP contribution in [-0.2, 0) is 4.79 Å². The second kappa shape index (κ2) is 6.71. The van der Waals surface area contributed by atoms with Gasteiger partial charge in [-0.3, -0.25) is 9.69 Å². The van der Waals surface area contributed by atoms with E-state index in [0.717, 1.165) is 32.4 Å². The molecule has 1 aliphatic carbocycles. The monoisotopic (exact) mass is 268 g/mol. The summed E-state index contributed by atoms with van der Waals surface area (Å²) in [5.41, 5.74) is 0. The lowest BCUT2D eigenvalue weighted by Crippen LogP contribution is -2.53. The van der Waals surface area contributed by atoms with E-state index in [9.17, 15) is 9.90 Å². The normalized spacial score (nSPS) is 31.9. The Hall–Kier alpha value is -0.610. The van der Waals surface area contributed by atoms with E-state index in [1.54, 1.807) is 0 Å². The van der Waals surface area contributed by atoms with E-state index in [1.165, 1.54) is 19.3 Å². The Balaban J connectivity index is 1.81. The number of nitrogens with one attached hydrogen (secondary N) is 1. The van der Waals surface area contributed by atoms with Crippen molar-refractivity contribution >= 4 is 5.91 Å². The van der Waals surface area contributed by atoms with Crippen molar-refractivity contribution in [3.05, 3.63) is 0 Å². The van der Waals surface area contributed by atoms with Crippen molar-refractivity contribution in [2.75, 3.05) is 13.1 Å². The molecule has 2 rings (SSSR count). The number of likely N-dealkylation sites (tertiary alicyclic amines) is 1. The van der Waals surface area contributed by atoms with E-state index in [0.29, 0.717) is 6.04 Å². The first kappa shape index (κ1) is 14.8. The Morgan fingerprint density at radius 1 is 1.26 bits per heavy atom. The highest BCUT2D eigenvalue weighted by atomic mass is 16.3. The van der Waals surface area contributed by atoms with Crippen LogP contribution in [0.25, 0.3) is 0 Å². The first-order valence-electron chi connectivity index (χ1n) is 7.80. The Bertz CT molecular complexity index is 303. The van der Waals surface area contributed by atoms with Gasteiger partial charge in [0.2, 0.25) is 5.91 Å². The zero-order chi connectivity index (χ0) is 13.8. The van der Waals surface area contributed by atoms with Crippen LogP contribution in [0.2, 0.25) is 0 Å². The van der Waals surface area contributed by atoms with Crippen LogP contribution in [0.3, 0.4) is 0 Å². The minimum atomic E-state index is -0.204. The quantitative estimate of drug-likeness (QED) is 0.816. The van der Waals surface area contributed by atoms with Gasteiger partial charge >= 0.3 is 0 Å². The Labute approximate surface area is 116 Å². The molecule has 3 unspecified atom stereocenters. The summed E-state index contributed by atoms with van der Waals surface area (Å²) < 4.78 is 0. The molecule has 0 aromatic rings. The fourth-order valence-electron chi connectivity index (χ4n) is 3.25. The van der Waals surface area contributed by atoms with Crippen LogP contribution in [0.4, 0.5) is 0 Å². The largest absolute Gasteiger partial charge is 0.393 e. The molecule has 1 amide bonds. The van der Waals surface area contributed by atoms with Crippen LogP contribution < -0.4 is 5.32 Å². The first-order chi connectivity index (χ1) is 9.08. The first-order valence-corrected chi connectivity index (χ1v) is 7.80. The van der Waals surface area contributed by atoms with E-state index >= 15 is 0 Å². The zero-order valence-corrected chi connectivity index (χ0v) is 12.3. The summed E-state index contributed by atoms with van der Waals surface area (Å²) in [6.07, 6.45) is 6.63. The molecule has 1 aliphatic heterocycles. The number of rotatable bonds is 3. The molecule has 2 N–H and O–H groups in total. The number of carbonyl (C=O) groups excluding carboxylic acids is 1. The fraction of sp³-hybridized carbons (Fsp3) is 0.933. The maximum Gasteiger partial charge on any atom is 0.237 e. The molecule has 4 heteroatoms. The lowest BCUT2D eigenvalue weighted by Gasteiger charge is -2.38. The molecule has 0 radical (unpaired) electrons. The van der Waals surface area contributed by atoms with Gasteiger partial charge in [-0.1, -0.05) is 26.2 Å². The smallest absolute Gasteiger partial charge is 0.237 e. The zero-order valence-electron chi connectivity index (χ0n) is 12.3. The summed E-state index contributed by atoms with van der Waals surface area (Å²) in [4.78, 5) is 14.5. The Kier molecular flexibility index (Phi) is 5.22. The number of nitrogens with zero attached hydrogens (tertiary/aromatic N) is 1. The number of hydrogen-bond acceptors (Lipinski definition) is 3. The molecule has 0 aromatic carbocycles. The molecule has 2 aliphatic rings. The van der Waals surface area contributed by atoms with Gasteiger partial charge in [-0.05, 0) is 32.1 Å². The van der Waals surface area contributed by atoms with Crippen LogP contribution in [0.1, 0.15) is 52.4 Å². The molecule has 1 saturated heterocycles. The third-order valence-corrected chi connectivity index (χ3v) is 4.77. The lowest BCUT2D eigenvalue weighted by atomic mass is 9.94. The molecule has 1 saturated carbocycles. The van der Waals surface area contributed by atoms with Crippen LogP contribution in [-0.4, -0.2) is 47.2 Å². The topological polar surface area (TPSA) is 52.6 Å². The lowest BCUT2D eigenvalue weighted by molar-refractivity contribution is -0.128. The molecule has 110 valence electrons. The van der Waals surface area contributed by atoms with Gasteiger partial charge in [0.1, 0.15) is 0 Å². The third kappa shape index (κ3) is 3.93. The van der Waals surface area contributed by atoms with Crippen molar-refractivity contribution < 1.29 is 9.90 Å². The Morgan fingerprint density at radius 2 is 1.95 bits per heavy atom. The summed E-state index contributed by atoms with van der Waals surface area (Å²) in [5, 5.41) is 12.9. The van der Waals surface area contributed by atoms with E-state index in [2.05, 4.69) is 17.1 Å². The molecule has 4 nitrogen and oxygen atoms in total. The minimum absolute atomic E-state index is 0.0723. The summed E-state index contributed by atoms with van der Waals surface area (Å²) >= 11 is 0. The van der Waals surface area contributed by atoms with Crippen molar-refractivity contribution in [2.45, 2.75) is 70.6 Å². The number of piperidine rings is 1. The van der Waals surface area contributed by atoms with Crippen molar-refractivity contribution in [3.63, 3.8) is 0 Å². The number of aliphatic hydroxyl groups excluding tert-OH is 1. The molecule has 0 bridgehead atoms. The fourth-order valence-corrected chi connectivity index (χ4v) is 3.25. The summed E-state index contributed by atoms with van der Waals surface area (Å²) in [6, 6.07) is 0.313. The number of amides is 1. The number of hydrogen-bond donors (Lipinski definition) is 2. The molecule has 0 aromatic heterocycles. The predicted octanol–water partition coefficient (Wildman–Crippen LogP) is 1.53. The second-order valence-electron chi connectivity index (χ2n) is 6.35. The highest BCUT2D eigenvalue weighted by molar-refractivity contribution is 5.81. The van der Waals surface area contributed by atoms with Crippen LogP contribution in [0, 0.1) is 5.92 Å². The van der Waals surface area contributed by atoms with Crippen molar-refractivity contribution in [1.29, 1.82) is 0 Å². The Morgan fingerprint density at radius 3 is 2.58 bits per heavy atom. The highest BCUT2D eigenvalue weighted by Crippen LogP contribution is 2.20. The molecular formula is C15H28N2O2. The molecule has 1 heterocycles. The van der Waals surface area contributed by atoms with E-state index < -0.39 is 0 Å². The molecule has 3 atom stereocenters. The summed E-state index contributed by atoms with van der Waals surface area (Å²) in [6.45, 7) is 5.69. The molecule has 0 spiro atoms. The summed E-state index contributed by atoms with van der Waals surface area (Å²) in [7, 11) is 0. The SMILES string of the molecule is CC1CN(C(C)C(=O)NC2CCCCC2)CCC1O. The van der Waals surface area contributed by atoms with E-state index in [-0.39, 0.29) is 24.0 Å². The van der Waals surface area contributed by atoms with Crippen LogP contribution in [0.15, 0.2) is 0 Å². The van der Waals surface area contributed by atoms with Gasteiger partial charge in [0.15, 0.2) is 0 Å². The average Bonchev–Trinajstić information content (AvgIpc) is 2.42. The molecule has 19 heavy (non-hydrogen) atoms. The van der Waals surface area contributed by atoms with Gasteiger partial charge in [-0.2, -0.15) is 0 Å². The second-order valence-corrected chi connectivity index (χ2v) is 6.35.